The van der Waals surface area contributed by atoms with Crippen LogP contribution in [0.1, 0.15) is 38.8 Å². The van der Waals surface area contributed by atoms with Crippen LogP contribution >= 0.6 is 0 Å². The van der Waals surface area contributed by atoms with Crippen LogP contribution < -0.4 is 9.47 Å². The summed E-state index contributed by atoms with van der Waals surface area (Å²) in [4.78, 5) is 0. The third kappa shape index (κ3) is 8.35. The summed E-state index contributed by atoms with van der Waals surface area (Å²) in [5, 5.41) is 0.258. The molecule has 1 rings (SSSR count). The first-order valence-electron chi connectivity index (χ1n) is 9.81. The van der Waals surface area contributed by atoms with Gasteiger partial charge in [-0.15, -0.1) is 0 Å². The van der Waals surface area contributed by atoms with E-state index in [1.54, 1.807) is 14.2 Å². The van der Waals surface area contributed by atoms with Gasteiger partial charge in [0.25, 0.3) is 0 Å². The van der Waals surface area contributed by atoms with Crippen molar-refractivity contribution in [1.82, 2.24) is 0 Å². The van der Waals surface area contributed by atoms with Gasteiger partial charge in [0.1, 0.15) is 11.5 Å². The zero-order valence-electron chi connectivity index (χ0n) is 18.9. The fourth-order valence-electron chi connectivity index (χ4n) is 2.37. The molecule has 160 valence electrons. The summed E-state index contributed by atoms with van der Waals surface area (Å²) in [7, 11) is 2.43. The lowest BCUT2D eigenvalue weighted by Gasteiger charge is -2.28. The molecular formula is C22H38O5Si. The smallest absolute Gasteiger partial charge is 0.188 e. The van der Waals surface area contributed by atoms with Crippen LogP contribution in [0.3, 0.4) is 0 Å². The van der Waals surface area contributed by atoms with Crippen molar-refractivity contribution >= 4 is 8.80 Å². The molecule has 0 aliphatic heterocycles. The first-order chi connectivity index (χ1) is 13.2. The Balaban J connectivity index is 3.10. The lowest BCUT2D eigenvalue weighted by molar-refractivity contribution is 0.0441. The van der Waals surface area contributed by atoms with Gasteiger partial charge in [0.15, 0.2) is 13.6 Å². The highest BCUT2D eigenvalue weighted by atomic mass is 28.3. The summed E-state index contributed by atoms with van der Waals surface area (Å²) in [6.07, 6.45) is 2.87. The highest BCUT2D eigenvalue weighted by Gasteiger charge is 2.23. The number of hydrogen-bond acceptors (Lipinski definition) is 5. The summed E-state index contributed by atoms with van der Waals surface area (Å²) in [5.74, 6) is 1.51. The molecule has 0 spiro atoms. The summed E-state index contributed by atoms with van der Waals surface area (Å²) in [6.45, 7) is 15.1. The molecule has 6 heteroatoms. The van der Waals surface area contributed by atoms with Gasteiger partial charge in [0, 0.05) is 35.2 Å². The van der Waals surface area contributed by atoms with Gasteiger partial charge in [-0.05, 0) is 43.0 Å². The zero-order valence-corrected chi connectivity index (χ0v) is 20.0. The Labute approximate surface area is 172 Å². The van der Waals surface area contributed by atoms with Crippen molar-refractivity contribution in [3.63, 3.8) is 0 Å². The Hall–Kier alpha value is -1.34. The lowest BCUT2D eigenvalue weighted by atomic mass is 10.0. The van der Waals surface area contributed by atoms with Crippen molar-refractivity contribution in [2.24, 2.45) is 0 Å². The number of allylic oxidation sites excluding steroid dienone is 2. The van der Waals surface area contributed by atoms with E-state index < -0.39 is 8.80 Å². The molecule has 0 amide bonds. The van der Waals surface area contributed by atoms with Crippen LogP contribution in [-0.4, -0.2) is 43.2 Å². The van der Waals surface area contributed by atoms with Crippen LogP contribution in [0.25, 0.3) is 0 Å². The molecule has 0 aliphatic carbocycles. The van der Waals surface area contributed by atoms with E-state index in [0.29, 0.717) is 13.0 Å². The van der Waals surface area contributed by atoms with Gasteiger partial charge in [0.2, 0.25) is 0 Å². The molecule has 0 saturated heterocycles. The fourth-order valence-corrected chi connectivity index (χ4v) is 2.82. The molecule has 0 saturated carbocycles. The number of rotatable bonds is 13. The van der Waals surface area contributed by atoms with Crippen LogP contribution in [0.4, 0.5) is 0 Å². The predicted octanol–water partition coefficient (Wildman–Crippen LogP) is 4.94. The van der Waals surface area contributed by atoms with E-state index in [1.807, 2.05) is 12.1 Å². The molecule has 0 unspecified atom stereocenters. The zero-order chi connectivity index (χ0) is 21.2. The quantitative estimate of drug-likeness (QED) is 0.262. The van der Waals surface area contributed by atoms with Crippen LogP contribution in [0, 0.1) is 0 Å². The van der Waals surface area contributed by atoms with Crippen molar-refractivity contribution in [2.45, 2.75) is 58.9 Å². The SMILES string of the molecule is COCOc1cc(COCC(C)(C)[SiH](C)C)cc(OCOC)c1CC=C(C)C. The summed E-state index contributed by atoms with van der Waals surface area (Å²) >= 11 is 0. The Morgan fingerprint density at radius 2 is 1.54 bits per heavy atom. The molecule has 0 fully saturated rings. The predicted molar refractivity (Wildman–Crippen MR) is 117 cm³/mol. The number of ether oxygens (including phenoxy) is 5. The van der Waals surface area contributed by atoms with Crippen molar-refractivity contribution in [2.75, 3.05) is 34.4 Å². The summed E-state index contributed by atoms with van der Waals surface area (Å²) in [6, 6.07) is 4.04. The number of benzene rings is 1. The molecule has 0 atom stereocenters. The van der Waals surface area contributed by atoms with Crippen molar-refractivity contribution in [1.29, 1.82) is 0 Å². The Kier molecular flexibility index (Phi) is 10.8. The van der Waals surface area contributed by atoms with E-state index in [9.17, 15) is 0 Å². The summed E-state index contributed by atoms with van der Waals surface area (Å²) in [5.41, 5.74) is 3.23. The van der Waals surface area contributed by atoms with Crippen LogP contribution in [0.2, 0.25) is 18.1 Å². The maximum Gasteiger partial charge on any atom is 0.188 e. The lowest BCUT2D eigenvalue weighted by Crippen LogP contribution is -2.26. The van der Waals surface area contributed by atoms with E-state index in [-0.39, 0.29) is 18.6 Å². The highest BCUT2D eigenvalue weighted by molar-refractivity contribution is 6.59. The van der Waals surface area contributed by atoms with Gasteiger partial charge < -0.3 is 23.7 Å². The van der Waals surface area contributed by atoms with E-state index in [1.165, 1.54) is 5.57 Å². The third-order valence-electron chi connectivity index (χ3n) is 4.91. The van der Waals surface area contributed by atoms with Crippen LogP contribution in [0.5, 0.6) is 11.5 Å². The Morgan fingerprint density at radius 3 is 1.96 bits per heavy atom. The number of hydrogen-bond donors (Lipinski definition) is 0. The minimum absolute atomic E-state index is 0.182. The van der Waals surface area contributed by atoms with Crippen molar-refractivity contribution in [3.8, 4) is 11.5 Å². The summed E-state index contributed by atoms with van der Waals surface area (Å²) < 4.78 is 28.0. The largest absolute Gasteiger partial charge is 0.467 e. The van der Waals surface area contributed by atoms with Gasteiger partial charge >= 0.3 is 0 Å². The van der Waals surface area contributed by atoms with Gasteiger partial charge in [-0.3, -0.25) is 0 Å². The second-order valence-corrected chi connectivity index (χ2v) is 12.2. The molecular weight excluding hydrogens is 372 g/mol. The van der Waals surface area contributed by atoms with Crippen molar-refractivity contribution in [3.05, 3.63) is 34.9 Å². The second kappa shape index (κ2) is 12.3. The highest BCUT2D eigenvalue weighted by Crippen LogP contribution is 2.33. The molecule has 0 bridgehead atoms. The maximum absolute atomic E-state index is 6.05. The van der Waals surface area contributed by atoms with Gasteiger partial charge in [-0.1, -0.05) is 38.6 Å². The van der Waals surface area contributed by atoms with E-state index in [2.05, 4.69) is 46.9 Å². The van der Waals surface area contributed by atoms with Gasteiger partial charge in [0.05, 0.1) is 6.61 Å². The van der Waals surface area contributed by atoms with E-state index in [0.717, 1.165) is 29.2 Å². The average Bonchev–Trinajstić information content (AvgIpc) is 2.63. The molecule has 5 nitrogen and oxygen atoms in total. The van der Waals surface area contributed by atoms with Crippen LogP contribution in [-0.2, 0) is 27.2 Å². The van der Waals surface area contributed by atoms with E-state index >= 15 is 0 Å². The Bertz CT molecular complexity index is 592. The first kappa shape index (κ1) is 24.7. The topological polar surface area (TPSA) is 46.2 Å². The third-order valence-corrected chi connectivity index (χ3v) is 8.21. The monoisotopic (exact) mass is 410 g/mol. The molecule has 0 heterocycles. The number of methoxy groups -OCH3 is 2. The van der Waals surface area contributed by atoms with Gasteiger partial charge in [-0.25, -0.2) is 0 Å². The minimum atomic E-state index is -0.797. The molecule has 0 radical (unpaired) electrons. The van der Waals surface area contributed by atoms with Crippen LogP contribution in [0.15, 0.2) is 23.8 Å². The molecule has 0 aliphatic rings. The average molecular weight is 411 g/mol. The van der Waals surface area contributed by atoms with Crippen molar-refractivity contribution < 1.29 is 23.7 Å². The molecule has 0 aromatic heterocycles. The van der Waals surface area contributed by atoms with Gasteiger partial charge in [-0.2, -0.15) is 0 Å². The maximum atomic E-state index is 6.05. The van der Waals surface area contributed by atoms with E-state index in [4.69, 9.17) is 23.7 Å². The second-order valence-electron chi connectivity index (χ2n) is 8.29. The Morgan fingerprint density at radius 1 is 1.00 bits per heavy atom. The standard InChI is InChI=1S/C22H38O5Si/c1-17(2)9-10-19-20(26-15-23-5)11-18(12-21(19)27-16-24-6)13-25-14-22(3,4)28(7)8/h9,11-12,28H,10,13-16H2,1-8H3. The molecule has 1 aromatic rings. The fraction of sp³-hybridized carbons (Fsp3) is 0.636. The normalized spacial score (nSPS) is 11.6. The minimum Gasteiger partial charge on any atom is -0.467 e. The first-order valence-corrected chi connectivity index (χ1v) is 12.7. The molecule has 0 N–H and O–H groups in total. The molecule has 28 heavy (non-hydrogen) atoms. The molecule has 1 aromatic carbocycles.